The molecule has 2 rings (SSSR count). The van der Waals surface area contributed by atoms with Crippen molar-refractivity contribution in [2.24, 2.45) is 5.73 Å². The van der Waals surface area contributed by atoms with Gasteiger partial charge in [-0.15, -0.1) is 11.8 Å². The molecule has 0 aromatic heterocycles. The van der Waals surface area contributed by atoms with Gasteiger partial charge in [-0.05, 0) is 42.3 Å². The van der Waals surface area contributed by atoms with Crippen LogP contribution in [0.25, 0.3) is 0 Å². The van der Waals surface area contributed by atoms with E-state index < -0.39 is 0 Å². The van der Waals surface area contributed by atoms with E-state index in [1.54, 1.807) is 11.8 Å². The quantitative estimate of drug-likeness (QED) is 0.743. The minimum Gasteiger partial charge on any atom is -0.327 e. The number of thioether (sulfide) groups is 1. The van der Waals surface area contributed by atoms with Gasteiger partial charge in [0.1, 0.15) is 0 Å². The lowest BCUT2D eigenvalue weighted by atomic mass is 10.1. The fourth-order valence-corrected chi connectivity index (χ4v) is 3.52. The van der Waals surface area contributed by atoms with Crippen molar-refractivity contribution in [3.63, 3.8) is 0 Å². The average molecular weight is 347 g/mol. The van der Waals surface area contributed by atoms with Gasteiger partial charge < -0.3 is 5.73 Å². The number of benzene rings is 2. The standard InChI is InChI=1S/C15H14Cl3NS/c16-10-3-1-4-12(7-10)20-9-11(19)8-13-14(17)5-2-6-15(13)18/h1-7,11H,8-9,19H2. The van der Waals surface area contributed by atoms with Gasteiger partial charge in [-0.1, -0.05) is 46.9 Å². The number of hydrogen-bond donors (Lipinski definition) is 1. The molecule has 0 radical (unpaired) electrons. The molecule has 0 aliphatic heterocycles. The van der Waals surface area contributed by atoms with Crippen LogP contribution in [0.4, 0.5) is 0 Å². The molecule has 2 aromatic rings. The van der Waals surface area contributed by atoms with Gasteiger partial charge in [0, 0.05) is 31.8 Å². The molecule has 0 aliphatic carbocycles. The fraction of sp³-hybridized carbons (Fsp3) is 0.200. The summed E-state index contributed by atoms with van der Waals surface area (Å²) in [6.45, 7) is 0. The third kappa shape index (κ3) is 4.57. The molecule has 2 aromatic carbocycles. The van der Waals surface area contributed by atoms with E-state index in [9.17, 15) is 0 Å². The van der Waals surface area contributed by atoms with Gasteiger partial charge in [-0.25, -0.2) is 0 Å². The van der Waals surface area contributed by atoms with Crippen LogP contribution >= 0.6 is 46.6 Å². The lowest BCUT2D eigenvalue weighted by Crippen LogP contribution is -2.25. The van der Waals surface area contributed by atoms with Gasteiger partial charge in [-0.2, -0.15) is 0 Å². The minimum atomic E-state index is -0.0172. The lowest BCUT2D eigenvalue weighted by Gasteiger charge is -2.13. The molecule has 1 unspecified atom stereocenters. The van der Waals surface area contributed by atoms with Gasteiger partial charge in [0.2, 0.25) is 0 Å². The van der Waals surface area contributed by atoms with Crippen molar-refractivity contribution in [2.45, 2.75) is 17.4 Å². The van der Waals surface area contributed by atoms with E-state index in [1.165, 1.54) is 0 Å². The van der Waals surface area contributed by atoms with E-state index in [-0.39, 0.29) is 6.04 Å². The zero-order valence-corrected chi connectivity index (χ0v) is 13.7. The Morgan fingerprint density at radius 2 is 1.65 bits per heavy atom. The molecular weight excluding hydrogens is 333 g/mol. The SMILES string of the molecule is NC(CSc1cccc(Cl)c1)Cc1c(Cl)cccc1Cl. The maximum absolute atomic E-state index is 6.16. The van der Waals surface area contributed by atoms with Crippen molar-refractivity contribution in [1.82, 2.24) is 0 Å². The molecule has 1 nitrogen and oxygen atoms in total. The Hall–Kier alpha value is -0.380. The molecule has 5 heteroatoms. The Morgan fingerprint density at radius 3 is 2.30 bits per heavy atom. The highest BCUT2D eigenvalue weighted by Gasteiger charge is 2.11. The Balaban J connectivity index is 1.94. The maximum atomic E-state index is 6.16. The average Bonchev–Trinajstić information content (AvgIpc) is 2.41. The summed E-state index contributed by atoms with van der Waals surface area (Å²) in [5.74, 6) is 0.780. The van der Waals surface area contributed by atoms with Crippen LogP contribution in [0, 0.1) is 0 Å². The van der Waals surface area contributed by atoms with E-state index in [0.29, 0.717) is 16.5 Å². The van der Waals surface area contributed by atoms with Crippen LogP contribution in [0.15, 0.2) is 47.4 Å². The summed E-state index contributed by atoms with van der Waals surface area (Å²) in [7, 11) is 0. The van der Waals surface area contributed by atoms with Gasteiger partial charge >= 0.3 is 0 Å². The second kappa shape index (κ2) is 7.58. The summed E-state index contributed by atoms with van der Waals surface area (Å²) in [5, 5.41) is 2.07. The second-order valence-electron chi connectivity index (χ2n) is 4.43. The monoisotopic (exact) mass is 345 g/mol. The highest BCUT2D eigenvalue weighted by atomic mass is 35.5. The maximum Gasteiger partial charge on any atom is 0.0453 e. The van der Waals surface area contributed by atoms with Crippen LogP contribution < -0.4 is 5.73 Å². The highest BCUT2D eigenvalue weighted by molar-refractivity contribution is 7.99. The first-order valence-corrected chi connectivity index (χ1v) is 8.25. The minimum absolute atomic E-state index is 0.0172. The van der Waals surface area contributed by atoms with E-state index in [4.69, 9.17) is 40.5 Å². The van der Waals surface area contributed by atoms with Crippen LogP contribution in [0.1, 0.15) is 5.56 Å². The smallest absolute Gasteiger partial charge is 0.0453 e. The Kier molecular flexibility index (Phi) is 6.06. The van der Waals surface area contributed by atoms with E-state index in [2.05, 4.69) is 0 Å². The molecule has 0 aliphatic rings. The first-order valence-electron chi connectivity index (χ1n) is 6.13. The van der Waals surface area contributed by atoms with Gasteiger partial charge in [0.05, 0.1) is 0 Å². The van der Waals surface area contributed by atoms with Crippen LogP contribution in [-0.2, 0) is 6.42 Å². The third-order valence-electron chi connectivity index (χ3n) is 2.79. The van der Waals surface area contributed by atoms with Crippen molar-refractivity contribution >= 4 is 46.6 Å². The zero-order valence-electron chi connectivity index (χ0n) is 10.7. The summed E-state index contributed by atoms with van der Waals surface area (Å²) in [6.07, 6.45) is 0.659. The lowest BCUT2D eigenvalue weighted by molar-refractivity contribution is 0.749. The molecule has 106 valence electrons. The first-order chi connectivity index (χ1) is 9.56. The molecule has 0 amide bonds. The zero-order chi connectivity index (χ0) is 14.5. The molecule has 0 spiro atoms. The first kappa shape index (κ1) is 16.0. The number of nitrogens with two attached hydrogens (primary N) is 1. The largest absolute Gasteiger partial charge is 0.327 e. The summed E-state index contributed by atoms with van der Waals surface area (Å²) in [6, 6.07) is 13.2. The molecule has 2 N–H and O–H groups in total. The van der Waals surface area contributed by atoms with Crippen molar-refractivity contribution in [2.75, 3.05) is 5.75 Å². The van der Waals surface area contributed by atoms with E-state index in [0.717, 1.165) is 21.2 Å². The van der Waals surface area contributed by atoms with Crippen molar-refractivity contribution in [3.8, 4) is 0 Å². The van der Waals surface area contributed by atoms with Gasteiger partial charge in [0.15, 0.2) is 0 Å². The molecule has 1 atom stereocenters. The van der Waals surface area contributed by atoms with Crippen molar-refractivity contribution in [3.05, 3.63) is 63.1 Å². The number of rotatable bonds is 5. The molecule has 0 heterocycles. The normalized spacial score (nSPS) is 12.4. The number of hydrogen-bond acceptors (Lipinski definition) is 2. The van der Waals surface area contributed by atoms with Crippen molar-refractivity contribution in [1.29, 1.82) is 0 Å². The summed E-state index contributed by atoms with van der Waals surface area (Å²) >= 11 is 19.9. The Labute approximate surface area is 138 Å². The van der Waals surface area contributed by atoms with Crippen LogP contribution in [0.2, 0.25) is 15.1 Å². The summed E-state index contributed by atoms with van der Waals surface area (Å²) < 4.78 is 0. The molecule has 20 heavy (non-hydrogen) atoms. The Bertz CT molecular complexity index is 569. The van der Waals surface area contributed by atoms with Crippen LogP contribution in [0.5, 0.6) is 0 Å². The third-order valence-corrected chi connectivity index (χ3v) is 4.91. The predicted molar refractivity (Wildman–Crippen MR) is 90.3 cm³/mol. The fourth-order valence-electron chi connectivity index (χ4n) is 1.81. The molecule has 0 fully saturated rings. The predicted octanol–water partition coefficient (Wildman–Crippen LogP) is 5.31. The van der Waals surface area contributed by atoms with Crippen LogP contribution in [-0.4, -0.2) is 11.8 Å². The topological polar surface area (TPSA) is 26.0 Å². The molecule has 0 saturated heterocycles. The number of halogens is 3. The summed E-state index contributed by atoms with van der Waals surface area (Å²) in [4.78, 5) is 1.11. The van der Waals surface area contributed by atoms with E-state index >= 15 is 0 Å². The van der Waals surface area contributed by atoms with Gasteiger partial charge in [-0.3, -0.25) is 0 Å². The second-order valence-corrected chi connectivity index (χ2v) is 6.78. The Morgan fingerprint density at radius 1 is 1.00 bits per heavy atom. The molecule has 0 saturated carbocycles. The van der Waals surface area contributed by atoms with Gasteiger partial charge in [0.25, 0.3) is 0 Å². The summed E-state index contributed by atoms with van der Waals surface area (Å²) in [5.41, 5.74) is 7.07. The highest BCUT2D eigenvalue weighted by Crippen LogP contribution is 2.27. The van der Waals surface area contributed by atoms with E-state index in [1.807, 2.05) is 42.5 Å². The van der Waals surface area contributed by atoms with Crippen molar-refractivity contribution < 1.29 is 0 Å². The van der Waals surface area contributed by atoms with Crippen LogP contribution in [0.3, 0.4) is 0 Å². The molecular formula is C15H14Cl3NS. The molecule has 0 bridgehead atoms.